The second-order valence-corrected chi connectivity index (χ2v) is 7.42. The van der Waals surface area contributed by atoms with Crippen LogP contribution in [0.5, 0.6) is 0 Å². The van der Waals surface area contributed by atoms with Gasteiger partial charge in [0.2, 0.25) is 5.91 Å². The molecule has 28 heavy (non-hydrogen) atoms. The van der Waals surface area contributed by atoms with E-state index < -0.39 is 12.1 Å². The highest BCUT2D eigenvalue weighted by molar-refractivity contribution is 7.13. The van der Waals surface area contributed by atoms with Crippen LogP contribution in [0.4, 0.5) is 9.93 Å². The van der Waals surface area contributed by atoms with Crippen LogP contribution in [0.1, 0.15) is 18.4 Å². The van der Waals surface area contributed by atoms with Gasteiger partial charge in [0.05, 0.1) is 0 Å². The van der Waals surface area contributed by atoms with E-state index in [1.807, 2.05) is 30.5 Å². The number of imide groups is 1. The van der Waals surface area contributed by atoms with Crippen molar-refractivity contribution in [1.82, 2.24) is 20.2 Å². The number of H-pyrrole nitrogens is 1. The van der Waals surface area contributed by atoms with Crippen LogP contribution in [0.25, 0.3) is 10.9 Å². The molecular weight excluding hydrogens is 378 g/mol. The lowest BCUT2D eigenvalue weighted by atomic mass is 10.1. The SMILES string of the molecule is O=C(CC[C@H]1NC(=O)N(CCc2c[nH]c3ccccc23)C1=O)Nc1nccs1. The van der Waals surface area contributed by atoms with E-state index in [1.165, 1.54) is 16.2 Å². The molecule has 0 radical (unpaired) electrons. The fraction of sp³-hybridized carbons (Fsp3) is 0.263. The second kappa shape index (κ2) is 7.81. The lowest BCUT2D eigenvalue weighted by Crippen LogP contribution is -2.33. The molecule has 3 N–H and O–H groups in total. The van der Waals surface area contributed by atoms with Crippen molar-refractivity contribution in [3.63, 3.8) is 0 Å². The van der Waals surface area contributed by atoms with Crippen LogP contribution in [-0.4, -0.2) is 45.3 Å². The molecule has 144 valence electrons. The van der Waals surface area contributed by atoms with Crippen LogP contribution in [0.2, 0.25) is 0 Å². The van der Waals surface area contributed by atoms with E-state index >= 15 is 0 Å². The number of aromatic nitrogens is 2. The van der Waals surface area contributed by atoms with E-state index in [0.717, 1.165) is 16.5 Å². The minimum absolute atomic E-state index is 0.132. The molecule has 1 aromatic carbocycles. The highest BCUT2D eigenvalue weighted by Crippen LogP contribution is 2.20. The average Bonchev–Trinajstić information content (AvgIpc) is 3.40. The Morgan fingerprint density at radius 1 is 1.29 bits per heavy atom. The first-order valence-corrected chi connectivity index (χ1v) is 9.86. The lowest BCUT2D eigenvalue weighted by molar-refractivity contribution is -0.127. The lowest BCUT2D eigenvalue weighted by Gasteiger charge is -2.12. The standard InChI is InChI=1S/C19H19N5O3S/c25-16(23-18-20-8-10-28-18)6-5-15-17(26)24(19(27)22-15)9-7-12-11-21-14-4-2-1-3-13(12)14/h1-4,8,10-11,15,21H,5-7,9H2,(H,22,27)(H,20,23,25)/t15-/m1/s1. The number of hydrogen-bond donors (Lipinski definition) is 3. The summed E-state index contributed by atoms with van der Waals surface area (Å²) in [6.07, 6.45) is 4.47. The molecule has 8 nitrogen and oxygen atoms in total. The van der Waals surface area contributed by atoms with Crippen molar-refractivity contribution in [2.75, 3.05) is 11.9 Å². The molecule has 1 saturated heterocycles. The number of rotatable bonds is 7. The van der Waals surface area contributed by atoms with Gasteiger partial charge in [-0.05, 0) is 24.5 Å². The quantitative estimate of drug-likeness (QED) is 0.533. The maximum atomic E-state index is 12.6. The number of nitrogens with one attached hydrogen (secondary N) is 3. The second-order valence-electron chi connectivity index (χ2n) is 6.53. The molecule has 4 amide bonds. The van der Waals surface area contributed by atoms with Crippen molar-refractivity contribution in [3.05, 3.63) is 47.6 Å². The largest absolute Gasteiger partial charge is 0.361 e. The zero-order chi connectivity index (χ0) is 19.5. The number of carbonyl (C=O) groups excluding carboxylic acids is 3. The number of benzene rings is 1. The third-order valence-corrected chi connectivity index (χ3v) is 5.41. The maximum absolute atomic E-state index is 12.6. The van der Waals surface area contributed by atoms with E-state index in [4.69, 9.17) is 0 Å². The molecule has 9 heteroatoms. The number of aromatic amines is 1. The summed E-state index contributed by atoms with van der Waals surface area (Å²) in [7, 11) is 0. The van der Waals surface area contributed by atoms with E-state index in [-0.39, 0.29) is 24.7 Å². The predicted octanol–water partition coefficient (Wildman–Crippen LogP) is 2.51. The summed E-state index contributed by atoms with van der Waals surface area (Å²) in [5, 5.41) is 8.72. The summed E-state index contributed by atoms with van der Waals surface area (Å²) >= 11 is 1.33. The Bertz CT molecular complexity index is 1010. The van der Waals surface area contributed by atoms with Gasteiger partial charge in [-0.15, -0.1) is 11.3 Å². The molecule has 0 spiro atoms. The summed E-state index contributed by atoms with van der Waals surface area (Å²) in [6, 6.07) is 6.83. The number of hydrogen-bond acceptors (Lipinski definition) is 5. The molecule has 1 fully saturated rings. The van der Waals surface area contributed by atoms with Crippen LogP contribution >= 0.6 is 11.3 Å². The average molecular weight is 397 g/mol. The van der Waals surface area contributed by atoms with Crippen molar-refractivity contribution in [2.45, 2.75) is 25.3 Å². The molecular formula is C19H19N5O3S. The van der Waals surface area contributed by atoms with Gasteiger partial charge in [0.25, 0.3) is 5.91 Å². The number of anilines is 1. The molecule has 1 aliphatic rings. The Labute approximate surface area is 164 Å². The van der Waals surface area contributed by atoms with E-state index in [1.54, 1.807) is 11.6 Å². The number of para-hydroxylation sites is 1. The third kappa shape index (κ3) is 3.74. The number of thiazole rings is 1. The molecule has 1 atom stereocenters. The Morgan fingerprint density at radius 3 is 2.96 bits per heavy atom. The Balaban J connectivity index is 1.31. The first kappa shape index (κ1) is 18.2. The van der Waals surface area contributed by atoms with Crippen molar-refractivity contribution in [3.8, 4) is 0 Å². The van der Waals surface area contributed by atoms with Crippen molar-refractivity contribution >= 4 is 45.2 Å². The Morgan fingerprint density at radius 2 is 2.14 bits per heavy atom. The summed E-state index contributed by atoms with van der Waals surface area (Å²) < 4.78 is 0. The van der Waals surface area contributed by atoms with Gasteiger partial charge in [0.15, 0.2) is 5.13 Å². The minimum Gasteiger partial charge on any atom is -0.361 e. The van der Waals surface area contributed by atoms with E-state index in [9.17, 15) is 14.4 Å². The fourth-order valence-corrected chi connectivity index (χ4v) is 3.84. The minimum atomic E-state index is -0.669. The number of nitrogens with zero attached hydrogens (tertiary/aromatic N) is 2. The molecule has 2 aromatic heterocycles. The summed E-state index contributed by atoms with van der Waals surface area (Å²) in [5.74, 6) is -0.513. The predicted molar refractivity (Wildman–Crippen MR) is 106 cm³/mol. The molecule has 0 unspecified atom stereocenters. The number of fused-ring (bicyclic) bond motifs is 1. The van der Waals surface area contributed by atoms with Gasteiger partial charge in [-0.3, -0.25) is 14.5 Å². The third-order valence-electron chi connectivity index (χ3n) is 4.73. The number of carbonyl (C=O) groups is 3. The molecule has 0 aliphatic carbocycles. The van der Waals surface area contributed by atoms with E-state index in [2.05, 4.69) is 20.6 Å². The Kier molecular flexibility index (Phi) is 5.07. The first-order chi connectivity index (χ1) is 13.6. The highest BCUT2D eigenvalue weighted by atomic mass is 32.1. The molecule has 3 heterocycles. The molecule has 1 aliphatic heterocycles. The van der Waals surface area contributed by atoms with Crippen LogP contribution in [-0.2, 0) is 16.0 Å². The van der Waals surface area contributed by atoms with E-state index in [0.29, 0.717) is 18.1 Å². The number of amides is 4. The first-order valence-electron chi connectivity index (χ1n) is 8.98. The summed E-state index contributed by atoms with van der Waals surface area (Å²) in [4.78, 5) is 45.1. The van der Waals surface area contributed by atoms with Crippen LogP contribution in [0.3, 0.4) is 0 Å². The van der Waals surface area contributed by atoms with Crippen molar-refractivity contribution in [2.24, 2.45) is 0 Å². The van der Waals surface area contributed by atoms with Crippen LogP contribution in [0.15, 0.2) is 42.0 Å². The van der Waals surface area contributed by atoms with Gasteiger partial charge in [0.1, 0.15) is 6.04 Å². The summed E-state index contributed by atoms with van der Waals surface area (Å²) in [6.45, 7) is 0.300. The van der Waals surface area contributed by atoms with Crippen molar-refractivity contribution in [1.29, 1.82) is 0 Å². The zero-order valence-corrected chi connectivity index (χ0v) is 15.8. The zero-order valence-electron chi connectivity index (χ0n) is 15.0. The Hall–Kier alpha value is -3.20. The van der Waals surface area contributed by atoms with Gasteiger partial charge in [-0.2, -0.15) is 0 Å². The van der Waals surface area contributed by atoms with Gasteiger partial charge in [-0.1, -0.05) is 18.2 Å². The van der Waals surface area contributed by atoms with Crippen LogP contribution < -0.4 is 10.6 Å². The maximum Gasteiger partial charge on any atom is 0.324 e. The van der Waals surface area contributed by atoms with Gasteiger partial charge in [-0.25, -0.2) is 9.78 Å². The van der Waals surface area contributed by atoms with Crippen LogP contribution in [0, 0.1) is 0 Å². The fourth-order valence-electron chi connectivity index (χ4n) is 3.30. The normalized spacial score (nSPS) is 16.6. The monoisotopic (exact) mass is 397 g/mol. The highest BCUT2D eigenvalue weighted by Gasteiger charge is 2.37. The van der Waals surface area contributed by atoms with Gasteiger partial charge < -0.3 is 15.6 Å². The van der Waals surface area contributed by atoms with Gasteiger partial charge >= 0.3 is 6.03 Å². The molecule has 3 aromatic rings. The molecule has 0 bridgehead atoms. The molecule has 4 rings (SSSR count). The van der Waals surface area contributed by atoms with Gasteiger partial charge in [0, 0.05) is 41.6 Å². The smallest absolute Gasteiger partial charge is 0.324 e. The number of urea groups is 1. The molecule has 0 saturated carbocycles. The topological polar surface area (TPSA) is 107 Å². The van der Waals surface area contributed by atoms with Crippen molar-refractivity contribution < 1.29 is 14.4 Å². The summed E-state index contributed by atoms with van der Waals surface area (Å²) in [5.41, 5.74) is 2.08.